The highest BCUT2D eigenvalue weighted by molar-refractivity contribution is 5.52. The van der Waals surface area contributed by atoms with Gasteiger partial charge < -0.3 is 9.15 Å². The van der Waals surface area contributed by atoms with Crippen LogP contribution in [0.5, 0.6) is 0 Å². The number of aromatic nitrogens is 1. The number of benzene rings is 1. The minimum absolute atomic E-state index is 0.234. The number of oxazole rings is 1. The zero-order valence-corrected chi connectivity index (χ0v) is 12.3. The summed E-state index contributed by atoms with van der Waals surface area (Å²) in [6.45, 7) is 6.68. The predicted molar refractivity (Wildman–Crippen MR) is 77.2 cm³/mol. The molecule has 3 rings (SSSR count). The van der Waals surface area contributed by atoms with Gasteiger partial charge in [-0.3, -0.25) is 4.90 Å². The Kier molecular flexibility index (Phi) is 4.03. The van der Waals surface area contributed by atoms with Crippen molar-refractivity contribution in [3.05, 3.63) is 42.0 Å². The summed E-state index contributed by atoms with van der Waals surface area (Å²) in [5.41, 5.74) is 1.67. The quantitative estimate of drug-likeness (QED) is 0.870. The van der Waals surface area contributed by atoms with E-state index in [0.717, 1.165) is 30.9 Å². The summed E-state index contributed by atoms with van der Waals surface area (Å²) < 4.78 is 24.1. The molecule has 2 atom stereocenters. The van der Waals surface area contributed by atoms with Gasteiger partial charge in [-0.1, -0.05) is 0 Å². The van der Waals surface area contributed by atoms with Crippen LogP contribution in [0.15, 0.2) is 34.9 Å². The maximum Gasteiger partial charge on any atom is 0.226 e. The van der Waals surface area contributed by atoms with Crippen LogP contribution in [0.1, 0.15) is 19.5 Å². The second kappa shape index (κ2) is 5.95. The second-order valence-electron chi connectivity index (χ2n) is 5.60. The lowest BCUT2D eigenvalue weighted by Gasteiger charge is -2.34. The van der Waals surface area contributed by atoms with Crippen molar-refractivity contribution in [3.63, 3.8) is 0 Å². The van der Waals surface area contributed by atoms with E-state index in [1.54, 1.807) is 18.4 Å². The monoisotopic (exact) mass is 290 g/mol. The molecule has 0 spiro atoms. The van der Waals surface area contributed by atoms with Crippen molar-refractivity contribution >= 4 is 0 Å². The fourth-order valence-corrected chi connectivity index (χ4v) is 2.75. The van der Waals surface area contributed by atoms with Gasteiger partial charge >= 0.3 is 0 Å². The smallest absolute Gasteiger partial charge is 0.226 e. The molecule has 0 bridgehead atoms. The molecule has 1 aliphatic heterocycles. The molecule has 5 heteroatoms. The molecule has 1 aliphatic rings. The first-order valence-corrected chi connectivity index (χ1v) is 7.18. The zero-order valence-electron chi connectivity index (χ0n) is 12.3. The van der Waals surface area contributed by atoms with Crippen LogP contribution in [-0.2, 0) is 11.3 Å². The van der Waals surface area contributed by atoms with E-state index in [4.69, 9.17) is 9.15 Å². The van der Waals surface area contributed by atoms with Crippen molar-refractivity contribution in [2.75, 3.05) is 13.1 Å². The first kappa shape index (κ1) is 14.2. The maximum atomic E-state index is 12.9. The van der Waals surface area contributed by atoms with Gasteiger partial charge in [-0.2, -0.15) is 0 Å². The van der Waals surface area contributed by atoms with E-state index >= 15 is 0 Å². The van der Waals surface area contributed by atoms with E-state index in [9.17, 15) is 4.39 Å². The number of rotatable bonds is 3. The van der Waals surface area contributed by atoms with Crippen molar-refractivity contribution in [1.29, 1.82) is 0 Å². The van der Waals surface area contributed by atoms with Crippen LogP contribution in [0.4, 0.5) is 4.39 Å². The third-order valence-corrected chi connectivity index (χ3v) is 3.52. The maximum absolute atomic E-state index is 12.9. The molecule has 0 saturated carbocycles. The molecular weight excluding hydrogens is 271 g/mol. The third-order valence-electron chi connectivity index (χ3n) is 3.52. The lowest BCUT2D eigenvalue weighted by molar-refractivity contribution is -0.0707. The van der Waals surface area contributed by atoms with Crippen molar-refractivity contribution in [2.24, 2.45) is 0 Å². The van der Waals surface area contributed by atoms with Crippen molar-refractivity contribution in [1.82, 2.24) is 9.88 Å². The Morgan fingerprint density at radius 2 is 1.86 bits per heavy atom. The fourth-order valence-electron chi connectivity index (χ4n) is 2.75. The van der Waals surface area contributed by atoms with Gasteiger partial charge in [-0.25, -0.2) is 9.37 Å². The molecule has 0 unspecified atom stereocenters. The molecule has 1 fully saturated rings. The van der Waals surface area contributed by atoms with Gasteiger partial charge in [0.05, 0.1) is 17.9 Å². The standard InChI is InChI=1S/C16H19FN2O2/c1-11-7-19(8-12(2)21-11)9-15-10-20-16(18-15)13-3-5-14(17)6-4-13/h3-6,10-12H,7-9H2,1-2H3/t11-,12+. The number of nitrogens with zero attached hydrogens (tertiary/aromatic N) is 2. The Morgan fingerprint density at radius 1 is 1.19 bits per heavy atom. The molecule has 2 aromatic rings. The highest BCUT2D eigenvalue weighted by atomic mass is 19.1. The van der Waals surface area contributed by atoms with Crippen LogP contribution in [0.3, 0.4) is 0 Å². The molecule has 1 aromatic carbocycles. The molecule has 0 N–H and O–H groups in total. The summed E-state index contributed by atoms with van der Waals surface area (Å²) in [5.74, 6) is 0.265. The van der Waals surface area contributed by atoms with E-state index in [1.165, 1.54) is 12.1 Å². The van der Waals surface area contributed by atoms with Crippen LogP contribution in [-0.4, -0.2) is 35.2 Å². The average Bonchev–Trinajstić information content (AvgIpc) is 2.87. The van der Waals surface area contributed by atoms with Gasteiger partial charge in [0.1, 0.15) is 12.1 Å². The van der Waals surface area contributed by atoms with Crippen LogP contribution >= 0.6 is 0 Å². The van der Waals surface area contributed by atoms with E-state index in [0.29, 0.717) is 5.89 Å². The molecule has 4 nitrogen and oxygen atoms in total. The summed E-state index contributed by atoms with van der Waals surface area (Å²) in [4.78, 5) is 6.79. The Hall–Kier alpha value is -1.72. The zero-order chi connectivity index (χ0) is 14.8. The molecule has 1 aromatic heterocycles. The van der Waals surface area contributed by atoms with Gasteiger partial charge in [-0.15, -0.1) is 0 Å². The number of halogens is 1. The SMILES string of the molecule is C[C@@H]1CN(Cc2coc(-c3ccc(F)cc3)n2)C[C@H](C)O1. The Morgan fingerprint density at radius 3 is 2.52 bits per heavy atom. The van der Waals surface area contributed by atoms with E-state index < -0.39 is 0 Å². The summed E-state index contributed by atoms with van der Waals surface area (Å²) in [6.07, 6.45) is 2.14. The highest BCUT2D eigenvalue weighted by Crippen LogP contribution is 2.20. The van der Waals surface area contributed by atoms with E-state index in [2.05, 4.69) is 23.7 Å². The third kappa shape index (κ3) is 3.49. The van der Waals surface area contributed by atoms with Gasteiger partial charge in [0.2, 0.25) is 5.89 Å². The summed E-state index contributed by atoms with van der Waals surface area (Å²) in [5, 5.41) is 0. The average molecular weight is 290 g/mol. The number of ether oxygens (including phenoxy) is 1. The molecule has 112 valence electrons. The number of hydrogen-bond acceptors (Lipinski definition) is 4. The lowest BCUT2D eigenvalue weighted by Crippen LogP contribution is -2.44. The normalized spacial score (nSPS) is 23.4. The largest absolute Gasteiger partial charge is 0.444 e. The van der Waals surface area contributed by atoms with Gasteiger partial charge in [0, 0.05) is 25.2 Å². The molecule has 21 heavy (non-hydrogen) atoms. The molecule has 0 radical (unpaired) electrons. The van der Waals surface area contributed by atoms with E-state index in [1.807, 2.05) is 0 Å². The van der Waals surface area contributed by atoms with Crippen LogP contribution < -0.4 is 0 Å². The molecule has 0 amide bonds. The minimum Gasteiger partial charge on any atom is -0.444 e. The highest BCUT2D eigenvalue weighted by Gasteiger charge is 2.23. The molecular formula is C16H19FN2O2. The van der Waals surface area contributed by atoms with Crippen molar-refractivity contribution in [3.8, 4) is 11.5 Å². The van der Waals surface area contributed by atoms with Crippen LogP contribution in [0, 0.1) is 5.82 Å². The van der Waals surface area contributed by atoms with E-state index in [-0.39, 0.29) is 18.0 Å². The lowest BCUT2D eigenvalue weighted by atomic mass is 10.2. The summed E-state index contributed by atoms with van der Waals surface area (Å²) >= 11 is 0. The summed E-state index contributed by atoms with van der Waals surface area (Å²) in [7, 11) is 0. The predicted octanol–water partition coefficient (Wildman–Crippen LogP) is 3.09. The first-order valence-electron chi connectivity index (χ1n) is 7.18. The van der Waals surface area contributed by atoms with Gasteiger partial charge in [0.15, 0.2) is 0 Å². The first-order chi connectivity index (χ1) is 10.1. The second-order valence-corrected chi connectivity index (χ2v) is 5.60. The van der Waals surface area contributed by atoms with Crippen molar-refractivity contribution in [2.45, 2.75) is 32.6 Å². The Bertz CT molecular complexity index is 587. The van der Waals surface area contributed by atoms with Crippen LogP contribution in [0.2, 0.25) is 0 Å². The molecule has 0 aliphatic carbocycles. The van der Waals surface area contributed by atoms with Gasteiger partial charge in [-0.05, 0) is 38.1 Å². The molecule has 2 heterocycles. The molecule has 1 saturated heterocycles. The topological polar surface area (TPSA) is 38.5 Å². The Balaban J connectivity index is 1.69. The van der Waals surface area contributed by atoms with Crippen LogP contribution in [0.25, 0.3) is 11.5 Å². The fraction of sp³-hybridized carbons (Fsp3) is 0.438. The Labute approximate surface area is 123 Å². The number of hydrogen-bond donors (Lipinski definition) is 0. The number of morpholine rings is 1. The minimum atomic E-state index is -0.262. The van der Waals surface area contributed by atoms with Gasteiger partial charge in [0.25, 0.3) is 0 Å². The van der Waals surface area contributed by atoms with Crippen molar-refractivity contribution < 1.29 is 13.5 Å². The summed E-state index contributed by atoms with van der Waals surface area (Å²) in [6, 6.07) is 6.16.